The molecule has 0 aliphatic carbocycles. The molecule has 3 saturated heterocycles. The molecule has 0 saturated carbocycles. The summed E-state index contributed by atoms with van der Waals surface area (Å²) in [5.74, 6) is -0.967. The van der Waals surface area contributed by atoms with Crippen molar-refractivity contribution in [2.24, 2.45) is 5.92 Å². The van der Waals surface area contributed by atoms with Crippen molar-refractivity contribution < 1.29 is 33.5 Å². The Hall–Kier alpha value is -2.00. The molecule has 5 rings (SSSR count). The highest BCUT2D eigenvalue weighted by Crippen LogP contribution is 2.55. The predicted molar refractivity (Wildman–Crippen MR) is 133 cm³/mol. The minimum Gasteiger partial charge on any atom is -0.497 e. The maximum Gasteiger partial charge on any atom is 0.200 e. The number of hydrogen-bond donors (Lipinski definition) is 1. The van der Waals surface area contributed by atoms with Crippen molar-refractivity contribution in [2.45, 2.75) is 88.7 Å². The van der Waals surface area contributed by atoms with Gasteiger partial charge < -0.3 is 33.5 Å². The highest BCUT2D eigenvalue weighted by Gasteiger charge is 2.64. The first-order chi connectivity index (χ1) is 17.3. The molecule has 6 atom stereocenters. The van der Waals surface area contributed by atoms with Crippen molar-refractivity contribution in [1.29, 1.82) is 0 Å². The van der Waals surface area contributed by atoms with E-state index in [1.54, 1.807) is 7.11 Å². The van der Waals surface area contributed by atoms with Gasteiger partial charge in [-0.15, -0.1) is 0 Å². The van der Waals surface area contributed by atoms with Crippen LogP contribution in [0.5, 0.6) is 5.75 Å². The lowest BCUT2D eigenvalue weighted by Gasteiger charge is -2.48. The average Bonchev–Trinajstić information content (AvgIpc) is 3.40. The SMILES string of the molecule is COc1ccc(CO[C@H]2O[C@@]3(CC[C@@]4(O[C@H](COCc5ccccc5)CC[C@@]4(C)O)O3)C[C@H]2C)cc1. The summed E-state index contributed by atoms with van der Waals surface area (Å²) in [5.41, 5.74) is 1.06. The van der Waals surface area contributed by atoms with Gasteiger partial charge in [0.2, 0.25) is 5.79 Å². The van der Waals surface area contributed by atoms with Gasteiger partial charge in [0.25, 0.3) is 0 Å². The van der Waals surface area contributed by atoms with E-state index >= 15 is 0 Å². The second-order valence-electron chi connectivity index (χ2n) is 10.6. The summed E-state index contributed by atoms with van der Waals surface area (Å²) in [6.45, 7) is 5.34. The first kappa shape index (κ1) is 25.6. The maximum atomic E-state index is 11.3. The van der Waals surface area contributed by atoms with Crippen LogP contribution in [0.2, 0.25) is 0 Å². The molecule has 0 amide bonds. The lowest BCUT2D eigenvalue weighted by molar-refractivity contribution is -0.396. The lowest BCUT2D eigenvalue weighted by Crippen LogP contribution is -2.60. The largest absolute Gasteiger partial charge is 0.497 e. The minimum absolute atomic E-state index is 0.148. The number of methoxy groups -OCH3 is 1. The summed E-state index contributed by atoms with van der Waals surface area (Å²) in [5, 5.41) is 11.3. The van der Waals surface area contributed by atoms with Gasteiger partial charge in [0.1, 0.15) is 11.4 Å². The number of ether oxygens (including phenoxy) is 6. The molecule has 3 aliphatic heterocycles. The van der Waals surface area contributed by atoms with Crippen molar-refractivity contribution in [2.75, 3.05) is 13.7 Å². The molecule has 1 N–H and O–H groups in total. The van der Waals surface area contributed by atoms with E-state index in [1.165, 1.54) is 0 Å². The van der Waals surface area contributed by atoms with Crippen LogP contribution in [0.1, 0.15) is 57.1 Å². The van der Waals surface area contributed by atoms with Crippen molar-refractivity contribution in [3.8, 4) is 5.75 Å². The number of hydrogen-bond acceptors (Lipinski definition) is 7. The van der Waals surface area contributed by atoms with Crippen molar-refractivity contribution in [1.82, 2.24) is 0 Å². The molecule has 2 aromatic rings. The van der Waals surface area contributed by atoms with Crippen LogP contribution in [-0.4, -0.2) is 48.4 Å². The Labute approximate surface area is 213 Å². The second kappa shape index (κ2) is 10.4. The zero-order valence-corrected chi connectivity index (χ0v) is 21.5. The third kappa shape index (κ3) is 5.32. The quantitative estimate of drug-likeness (QED) is 0.552. The van der Waals surface area contributed by atoms with Crippen molar-refractivity contribution in [3.05, 3.63) is 65.7 Å². The van der Waals surface area contributed by atoms with E-state index in [4.69, 9.17) is 28.4 Å². The van der Waals surface area contributed by atoms with Gasteiger partial charge in [0, 0.05) is 25.2 Å². The van der Waals surface area contributed by atoms with Crippen LogP contribution in [0, 0.1) is 5.92 Å². The summed E-state index contributed by atoms with van der Waals surface area (Å²) in [6.07, 6.45) is 2.66. The third-order valence-corrected chi connectivity index (χ3v) is 7.73. The summed E-state index contributed by atoms with van der Waals surface area (Å²) < 4.78 is 36.8. The fourth-order valence-corrected chi connectivity index (χ4v) is 5.60. The zero-order valence-electron chi connectivity index (χ0n) is 21.5. The summed E-state index contributed by atoms with van der Waals surface area (Å²) in [6, 6.07) is 17.9. The van der Waals surface area contributed by atoms with Crippen LogP contribution in [-0.2, 0) is 36.9 Å². The van der Waals surface area contributed by atoms with Gasteiger partial charge in [-0.1, -0.05) is 49.4 Å². The normalized spacial score (nSPS) is 36.1. The summed E-state index contributed by atoms with van der Waals surface area (Å²) >= 11 is 0. The number of benzene rings is 2. The van der Waals surface area contributed by atoms with E-state index in [0.717, 1.165) is 16.9 Å². The molecular formula is C29H38O7. The fourth-order valence-electron chi connectivity index (χ4n) is 5.60. The van der Waals surface area contributed by atoms with Gasteiger partial charge in [0.05, 0.1) is 33.0 Å². The van der Waals surface area contributed by atoms with Gasteiger partial charge in [-0.2, -0.15) is 0 Å². The summed E-state index contributed by atoms with van der Waals surface area (Å²) in [4.78, 5) is 0. The zero-order chi connectivity index (χ0) is 25.2. The molecular weight excluding hydrogens is 460 g/mol. The molecule has 7 heteroatoms. The Bertz CT molecular complexity index is 994. The Balaban J connectivity index is 1.18. The molecule has 3 aliphatic rings. The third-order valence-electron chi connectivity index (χ3n) is 7.73. The van der Waals surface area contributed by atoms with Crippen LogP contribution in [0.15, 0.2) is 54.6 Å². The van der Waals surface area contributed by atoms with Crippen molar-refractivity contribution >= 4 is 0 Å². The van der Waals surface area contributed by atoms with Crippen LogP contribution in [0.4, 0.5) is 0 Å². The first-order valence-electron chi connectivity index (χ1n) is 13.0. The van der Waals surface area contributed by atoms with Crippen LogP contribution in [0.25, 0.3) is 0 Å². The van der Waals surface area contributed by atoms with Crippen LogP contribution < -0.4 is 4.74 Å². The molecule has 2 aromatic carbocycles. The molecule has 3 heterocycles. The standard InChI is InChI=1S/C29H38O7/c1-21-17-28(35-26(21)33-19-23-9-11-24(31-3)12-10-23)15-16-29(36-28)27(2,30)14-13-25(34-29)20-32-18-22-7-5-4-6-8-22/h4-12,21,25-26,30H,13-20H2,1-3H3/t21-,25+,26+,27-,28-,29-/m1/s1. The number of rotatable bonds is 8. The van der Waals surface area contributed by atoms with E-state index in [1.807, 2.05) is 61.5 Å². The lowest BCUT2D eigenvalue weighted by atomic mass is 9.84. The van der Waals surface area contributed by atoms with Crippen LogP contribution in [0.3, 0.4) is 0 Å². The van der Waals surface area contributed by atoms with E-state index in [-0.39, 0.29) is 18.3 Å². The summed E-state index contributed by atoms with van der Waals surface area (Å²) in [7, 11) is 1.65. The smallest absolute Gasteiger partial charge is 0.200 e. The monoisotopic (exact) mass is 498 g/mol. The van der Waals surface area contributed by atoms with E-state index in [0.29, 0.717) is 51.9 Å². The highest BCUT2D eigenvalue weighted by atomic mass is 16.8. The Morgan fingerprint density at radius 2 is 1.69 bits per heavy atom. The van der Waals surface area contributed by atoms with Crippen LogP contribution >= 0.6 is 0 Å². The highest BCUT2D eigenvalue weighted by molar-refractivity contribution is 5.26. The van der Waals surface area contributed by atoms with Gasteiger partial charge in [-0.05, 0) is 43.0 Å². The molecule has 0 aromatic heterocycles. The second-order valence-corrected chi connectivity index (χ2v) is 10.6. The average molecular weight is 499 g/mol. The van der Waals surface area contributed by atoms with E-state index in [2.05, 4.69) is 6.92 Å². The van der Waals surface area contributed by atoms with Gasteiger partial charge in [0.15, 0.2) is 12.1 Å². The Morgan fingerprint density at radius 3 is 2.44 bits per heavy atom. The minimum atomic E-state index is -1.11. The molecule has 0 radical (unpaired) electrons. The topological polar surface area (TPSA) is 75.6 Å². The van der Waals surface area contributed by atoms with Gasteiger partial charge in [-0.3, -0.25) is 0 Å². The molecule has 36 heavy (non-hydrogen) atoms. The fraction of sp³-hybridized carbons (Fsp3) is 0.586. The Kier molecular flexibility index (Phi) is 7.41. The molecule has 0 bridgehead atoms. The number of aliphatic hydroxyl groups is 1. The molecule has 7 nitrogen and oxygen atoms in total. The Morgan fingerprint density at radius 1 is 0.944 bits per heavy atom. The van der Waals surface area contributed by atoms with E-state index in [9.17, 15) is 5.11 Å². The molecule has 196 valence electrons. The van der Waals surface area contributed by atoms with Gasteiger partial charge in [-0.25, -0.2) is 0 Å². The molecule has 3 fully saturated rings. The van der Waals surface area contributed by atoms with E-state index < -0.39 is 17.2 Å². The predicted octanol–water partition coefficient (Wildman–Crippen LogP) is 4.94. The first-order valence-corrected chi connectivity index (χ1v) is 13.0. The van der Waals surface area contributed by atoms with Crippen molar-refractivity contribution in [3.63, 3.8) is 0 Å². The molecule has 0 unspecified atom stereocenters. The maximum absolute atomic E-state index is 11.3. The van der Waals surface area contributed by atoms with Gasteiger partial charge >= 0.3 is 0 Å². The molecule has 2 spiro atoms.